The van der Waals surface area contributed by atoms with Crippen LogP contribution in [0.1, 0.15) is 20.3 Å². The fourth-order valence-corrected chi connectivity index (χ4v) is 1.75. The molecule has 0 aliphatic heterocycles. The number of nitrogen functional groups attached to an aromatic ring is 1. The number of oxazole rings is 1. The molecule has 1 heterocycles. The van der Waals surface area contributed by atoms with Crippen LogP contribution in [0.5, 0.6) is 0 Å². The Labute approximate surface area is 106 Å². The molecule has 0 aliphatic rings. The number of hydrogen-bond acceptors (Lipinski definition) is 5. The summed E-state index contributed by atoms with van der Waals surface area (Å²) >= 11 is 0. The van der Waals surface area contributed by atoms with Crippen LogP contribution in [0.15, 0.2) is 22.6 Å². The van der Waals surface area contributed by atoms with Gasteiger partial charge in [0.15, 0.2) is 5.58 Å². The molecule has 0 atom stereocenters. The van der Waals surface area contributed by atoms with Crippen LogP contribution in [0.4, 0.5) is 11.7 Å². The zero-order valence-corrected chi connectivity index (χ0v) is 10.7. The van der Waals surface area contributed by atoms with E-state index in [4.69, 9.17) is 15.3 Å². The molecule has 1 aromatic carbocycles. The van der Waals surface area contributed by atoms with Crippen molar-refractivity contribution in [1.29, 1.82) is 0 Å². The smallest absolute Gasteiger partial charge is 0.295 e. The van der Waals surface area contributed by atoms with Crippen molar-refractivity contribution < 1.29 is 9.52 Å². The normalized spacial score (nSPS) is 11.9. The van der Waals surface area contributed by atoms with E-state index in [0.29, 0.717) is 29.3 Å². The van der Waals surface area contributed by atoms with Gasteiger partial charge in [-0.2, -0.15) is 4.98 Å². The number of nitrogens with zero attached hydrogens (tertiary/aromatic N) is 1. The van der Waals surface area contributed by atoms with Crippen molar-refractivity contribution >= 4 is 22.8 Å². The maximum absolute atomic E-state index is 8.97. The van der Waals surface area contributed by atoms with E-state index in [1.165, 1.54) is 0 Å². The molecule has 0 bridgehead atoms. The molecule has 2 rings (SSSR count). The second-order valence-corrected chi connectivity index (χ2v) is 5.20. The van der Waals surface area contributed by atoms with Crippen molar-refractivity contribution in [2.24, 2.45) is 5.41 Å². The summed E-state index contributed by atoms with van der Waals surface area (Å²) < 4.78 is 5.56. The van der Waals surface area contributed by atoms with Gasteiger partial charge in [-0.1, -0.05) is 19.9 Å². The lowest BCUT2D eigenvalue weighted by atomic mass is 9.90. The molecule has 4 N–H and O–H groups in total. The predicted octanol–water partition coefficient (Wildman–Crippen LogP) is 2.23. The highest BCUT2D eigenvalue weighted by Crippen LogP contribution is 2.25. The molecule has 0 radical (unpaired) electrons. The van der Waals surface area contributed by atoms with Gasteiger partial charge in [-0.3, -0.25) is 0 Å². The summed E-state index contributed by atoms with van der Waals surface area (Å²) in [5, 5.41) is 12.1. The Hall–Kier alpha value is -1.75. The molecular weight excluding hydrogens is 230 g/mol. The number of nitrogens with two attached hydrogens (primary N) is 1. The van der Waals surface area contributed by atoms with E-state index in [2.05, 4.69) is 24.1 Å². The van der Waals surface area contributed by atoms with E-state index in [1.807, 2.05) is 12.1 Å². The van der Waals surface area contributed by atoms with Gasteiger partial charge in [0.2, 0.25) is 0 Å². The number of aliphatic hydroxyl groups excluding tert-OH is 1. The third-order valence-corrected chi connectivity index (χ3v) is 2.96. The summed E-state index contributed by atoms with van der Waals surface area (Å²) in [6, 6.07) is 5.93. The molecule has 0 amide bonds. The van der Waals surface area contributed by atoms with Gasteiger partial charge in [0, 0.05) is 13.2 Å². The second-order valence-electron chi connectivity index (χ2n) is 5.20. The second kappa shape index (κ2) is 4.86. The van der Waals surface area contributed by atoms with Crippen molar-refractivity contribution in [1.82, 2.24) is 4.98 Å². The van der Waals surface area contributed by atoms with Crippen LogP contribution < -0.4 is 11.1 Å². The highest BCUT2D eigenvalue weighted by molar-refractivity contribution is 5.86. The van der Waals surface area contributed by atoms with E-state index in [0.717, 1.165) is 6.42 Å². The van der Waals surface area contributed by atoms with Gasteiger partial charge in [0.05, 0.1) is 5.69 Å². The summed E-state index contributed by atoms with van der Waals surface area (Å²) in [4.78, 5) is 4.31. The van der Waals surface area contributed by atoms with Crippen LogP contribution in [0.3, 0.4) is 0 Å². The zero-order chi connectivity index (χ0) is 13.2. The van der Waals surface area contributed by atoms with Crippen LogP contribution >= 0.6 is 0 Å². The quantitative estimate of drug-likeness (QED) is 0.708. The summed E-state index contributed by atoms with van der Waals surface area (Å²) in [5.41, 5.74) is 7.77. The number of aliphatic hydroxyl groups is 1. The average molecular weight is 249 g/mol. The van der Waals surface area contributed by atoms with Gasteiger partial charge in [-0.15, -0.1) is 0 Å². The average Bonchev–Trinajstić information content (AvgIpc) is 2.71. The van der Waals surface area contributed by atoms with Crippen LogP contribution in [-0.2, 0) is 0 Å². The Morgan fingerprint density at radius 2 is 2.22 bits per heavy atom. The van der Waals surface area contributed by atoms with Crippen LogP contribution in [0.2, 0.25) is 0 Å². The molecule has 0 spiro atoms. The molecule has 5 nitrogen and oxygen atoms in total. The third-order valence-electron chi connectivity index (χ3n) is 2.96. The first-order chi connectivity index (χ1) is 8.52. The Morgan fingerprint density at radius 1 is 1.44 bits per heavy atom. The Balaban J connectivity index is 2.11. The summed E-state index contributed by atoms with van der Waals surface area (Å²) in [7, 11) is 0. The number of para-hydroxylation sites is 1. The van der Waals surface area contributed by atoms with Crippen LogP contribution in [0.25, 0.3) is 11.1 Å². The lowest BCUT2D eigenvalue weighted by molar-refractivity contribution is 0.219. The molecule has 2 aromatic rings. The van der Waals surface area contributed by atoms with E-state index >= 15 is 0 Å². The van der Waals surface area contributed by atoms with Gasteiger partial charge in [-0.25, -0.2) is 0 Å². The number of benzene rings is 1. The van der Waals surface area contributed by atoms with Gasteiger partial charge in [0.1, 0.15) is 5.52 Å². The van der Waals surface area contributed by atoms with Gasteiger partial charge >= 0.3 is 0 Å². The van der Waals surface area contributed by atoms with Crippen molar-refractivity contribution in [3.05, 3.63) is 18.2 Å². The molecule has 0 saturated heterocycles. The van der Waals surface area contributed by atoms with Crippen LogP contribution in [-0.4, -0.2) is 23.2 Å². The topological polar surface area (TPSA) is 84.3 Å². The maximum atomic E-state index is 8.97. The van der Waals surface area contributed by atoms with E-state index in [9.17, 15) is 0 Å². The van der Waals surface area contributed by atoms with Crippen molar-refractivity contribution in [2.45, 2.75) is 20.3 Å². The minimum atomic E-state index is -0.0129. The molecule has 0 unspecified atom stereocenters. The zero-order valence-electron chi connectivity index (χ0n) is 10.7. The van der Waals surface area contributed by atoms with Crippen molar-refractivity contribution in [3.8, 4) is 0 Å². The molecule has 1 aromatic heterocycles. The van der Waals surface area contributed by atoms with Crippen molar-refractivity contribution in [3.63, 3.8) is 0 Å². The molecule has 0 saturated carbocycles. The summed E-state index contributed by atoms with van der Waals surface area (Å²) in [6.07, 6.45) is 0.725. The third kappa shape index (κ3) is 2.73. The molecule has 98 valence electrons. The van der Waals surface area contributed by atoms with Gasteiger partial charge in [0.25, 0.3) is 6.01 Å². The molecule has 5 heteroatoms. The highest BCUT2D eigenvalue weighted by atomic mass is 16.4. The van der Waals surface area contributed by atoms with Gasteiger partial charge < -0.3 is 20.6 Å². The summed E-state index contributed by atoms with van der Waals surface area (Å²) in [6.45, 7) is 5.01. The molecule has 0 aliphatic carbocycles. The number of fused-ring (bicyclic) bond motifs is 1. The first-order valence-electron chi connectivity index (χ1n) is 6.02. The summed E-state index contributed by atoms with van der Waals surface area (Å²) in [5.74, 6) is 0. The Kier molecular flexibility index (Phi) is 3.43. The first kappa shape index (κ1) is 12.7. The standard InChI is InChI=1S/C13H19N3O2/c1-13(2,6-7-17)8-15-12-16-11-9(14)4-3-5-10(11)18-12/h3-5,17H,6-8,14H2,1-2H3,(H,15,16). The van der Waals surface area contributed by atoms with E-state index in [1.54, 1.807) is 6.07 Å². The predicted molar refractivity (Wildman–Crippen MR) is 72.4 cm³/mol. The minimum Gasteiger partial charge on any atom is -0.423 e. The highest BCUT2D eigenvalue weighted by Gasteiger charge is 2.18. The lowest BCUT2D eigenvalue weighted by Gasteiger charge is -2.23. The number of aromatic nitrogens is 1. The van der Waals surface area contributed by atoms with E-state index in [-0.39, 0.29) is 12.0 Å². The maximum Gasteiger partial charge on any atom is 0.295 e. The van der Waals surface area contributed by atoms with Gasteiger partial charge in [-0.05, 0) is 24.0 Å². The molecule has 18 heavy (non-hydrogen) atoms. The number of nitrogens with one attached hydrogen (secondary N) is 1. The number of hydrogen-bond donors (Lipinski definition) is 3. The fraction of sp³-hybridized carbons (Fsp3) is 0.462. The Morgan fingerprint density at radius 3 is 2.89 bits per heavy atom. The first-order valence-corrected chi connectivity index (χ1v) is 6.02. The number of anilines is 2. The molecular formula is C13H19N3O2. The largest absolute Gasteiger partial charge is 0.423 e. The fourth-order valence-electron chi connectivity index (χ4n) is 1.75. The monoisotopic (exact) mass is 249 g/mol. The molecule has 0 fully saturated rings. The number of rotatable bonds is 5. The lowest BCUT2D eigenvalue weighted by Crippen LogP contribution is -2.24. The minimum absolute atomic E-state index is 0.0129. The van der Waals surface area contributed by atoms with Crippen LogP contribution in [0, 0.1) is 5.41 Å². The Bertz CT molecular complexity index is 534. The van der Waals surface area contributed by atoms with E-state index < -0.39 is 0 Å². The SMILES string of the molecule is CC(C)(CCO)CNc1nc2c(N)cccc2o1. The van der Waals surface area contributed by atoms with Crippen molar-refractivity contribution in [2.75, 3.05) is 24.2 Å².